The molecule has 0 spiro atoms. The average Bonchev–Trinajstić information content (AvgIpc) is 1.98. The monoisotopic (exact) mass is 136 g/mol. The topological polar surface area (TPSA) is 0 Å². The highest BCUT2D eigenvalue weighted by molar-refractivity contribution is 4.24. The smallest absolute Gasteiger partial charge is 0.0785 e. The van der Waals surface area contributed by atoms with Gasteiger partial charge in [0.05, 0.1) is 7.18 Å². The van der Waals surface area contributed by atoms with E-state index in [4.69, 9.17) is 0 Å². The van der Waals surface area contributed by atoms with E-state index in [1.54, 1.807) is 0 Å². The van der Waals surface area contributed by atoms with Gasteiger partial charge in [-0.15, -0.1) is 0 Å². The molecule has 0 amide bonds. The predicted molar refractivity (Wildman–Crippen MR) is 43.6 cm³/mol. The van der Waals surface area contributed by atoms with Crippen LogP contribution in [0.25, 0.3) is 0 Å². The first-order valence-corrected chi connectivity index (χ1v) is 3.79. The molecule has 0 aliphatic heterocycles. The van der Waals surface area contributed by atoms with E-state index in [1.165, 1.54) is 19.3 Å². The summed E-state index contributed by atoms with van der Waals surface area (Å²) in [5.74, 6) is 0. The van der Waals surface area contributed by atoms with Crippen LogP contribution < -0.4 is 0 Å². The minimum atomic E-state index is 0.500. The van der Waals surface area contributed by atoms with Crippen LogP contribution in [0.3, 0.4) is 0 Å². The first kappa shape index (κ1) is 16.0. The number of alkyl halides is 1. The van der Waals surface area contributed by atoms with Gasteiger partial charge in [-0.2, -0.15) is 0 Å². The van der Waals surface area contributed by atoms with Gasteiger partial charge in [0.15, 0.2) is 0 Å². The summed E-state index contributed by atoms with van der Waals surface area (Å²) in [5, 5.41) is 0. The van der Waals surface area contributed by atoms with Gasteiger partial charge in [-0.1, -0.05) is 47.0 Å². The minimum Gasteiger partial charge on any atom is -0.255 e. The highest BCUT2D eigenvalue weighted by Crippen LogP contribution is 1.88. The van der Waals surface area contributed by atoms with Gasteiger partial charge in [0.1, 0.15) is 0 Å². The maximum atomic E-state index is 9.50. The van der Waals surface area contributed by atoms with E-state index in [0.717, 1.165) is 0 Å². The summed E-state index contributed by atoms with van der Waals surface area (Å²) in [7, 11) is 0.500. The molecule has 0 aromatic rings. The van der Waals surface area contributed by atoms with Crippen LogP contribution in [0, 0.1) is 0 Å². The van der Waals surface area contributed by atoms with Crippen molar-refractivity contribution in [3.8, 4) is 0 Å². The highest BCUT2D eigenvalue weighted by Gasteiger charge is 1.68. The molecule has 60 valence electrons. The van der Waals surface area contributed by atoms with Crippen LogP contribution in [0.1, 0.15) is 47.0 Å². The molecule has 0 aromatic carbocycles. The molecule has 0 aromatic heterocycles. The van der Waals surface area contributed by atoms with Gasteiger partial charge < -0.3 is 0 Å². The molecule has 0 atom stereocenters. The summed E-state index contributed by atoms with van der Waals surface area (Å²) >= 11 is 0. The Labute approximate surface area is 59.5 Å². The molecule has 0 heterocycles. The Bertz CT molecular complexity index is 12.0. The third kappa shape index (κ3) is 74.9. The van der Waals surface area contributed by atoms with Crippen molar-refractivity contribution in [1.82, 2.24) is 0 Å². The molecule has 0 saturated carbocycles. The molecule has 0 unspecified atom stereocenters. The summed E-state index contributed by atoms with van der Waals surface area (Å²) in [6.07, 6.45) is 4.08. The quantitative estimate of drug-likeness (QED) is 0.541. The standard InChI is InChI=1S/C5H12.C2H6.CH3F/c1-3-5-4-2;2*1-2/h3-5H2,1-2H3;1-2H3;1H3. The normalized spacial score (nSPS) is 6.00. The number of hydrogen-bond donors (Lipinski definition) is 0. The molecule has 0 aliphatic rings. The van der Waals surface area contributed by atoms with Gasteiger partial charge in [0, 0.05) is 0 Å². The summed E-state index contributed by atoms with van der Waals surface area (Å²) < 4.78 is 9.50. The first-order valence-electron chi connectivity index (χ1n) is 3.79. The van der Waals surface area contributed by atoms with Crippen LogP contribution in [0.5, 0.6) is 0 Å². The van der Waals surface area contributed by atoms with Crippen molar-refractivity contribution >= 4 is 0 Å². The van der Waals surface area contributed by atoms with E-state index in [2.05, 4.69) is 13.8 Å². The zero-order valence-electron chi connectivity index (χ0n) is 7.50. The summed E-state index contributed by atoms with van der Waals surface area (Å²) in [6, 6.07) is 0. The second-order valence-corrected chi connectivity index (χ2v) is 1.35. The number of unbranched alkanes of at least 4 members (excludes halogenated alkanes) is 2. The van der Waals surface area contributed by atoms with Gasteiger partial charge in [-0.05, 0) is 0 Å². The van der Waals surface area contributed by atoms with Gasteiger partial charge in [0.2, 0.25) is 0 Å². The largest absolute Gasteiger partial charge is 0.255 e. The lowest BCUT2D eigenvalue weighted by atomic mass is 10.3. The average molecular weight is 136 g/mol. The zero-order valence-corrected chi connectivity index (χ0v) is 7.50. The van der Waals surface area contributed by atoms with Gasteiger partial charge in [0.25, 0.3) is 0 Å². The predicted octanol–water partition coefficient (Wildman–Crippen LogP) is 3.81. The molecular formula is C8H21F. The van der Waals surface area contributed by atoms with Crippen LogP contribution in [0.4, 0.5) is 4.39 Å². The van der Waals surface area contributed by atoms with Crippen LogP contribution in [-0.2, 0) is 0 Å². The molecule has 9 heavy (non-hydrogen) atoms. The Kier molecular flexibility index (Phi) is 78.7. The van der Waals surface area contributed by atoms with E-state index in [9.17, 15) is 4.39 Å². The Balaban J connectivity index is -0.0000000771. The van der Waals surface area contributed by atoms with Crippen molar-refractivity contribution < 1.29 is 4.39 Å². The van der Waals surface area contributed by atoms with Crippen LogP contribution in [-0.4, -0.2) is 7.18 Å². The van der Waals surface area contributed by atoms with Gasteiger partial charge in [-0.3, -0.25) is 4.39 Å². The lowest BCUT2D eigenvalue weighted by Gasteiger charge is -1.79. The maximum Gasteiger partial charge on any atom is 0.0785 e. The van der Waals surface area contributed by atoms with Crippen molar-refractivity contribution in [1.29, 1.82) is 0 Å². The Morgan fingerprint density at radius 1 is 0.889 bits per heavy atom. The fourth-order valence-electron chi connectivity index (χ4n) is 0.354. The van der Waals surface area contributed by atoms with Crippen molar-refractivity contribution in [2.45, 2.75) is 47.0 Å². The van der Waals surface area contributed by atoms with Crippen molar-refractivity contribution in [2.75, 3.05) is 7.18 Å². The first-order chi connectivity index (χ1) is 4.41. The Morgan fingerprint density at radius 3 is 1.11 bits per heavy atom. The van der Waals surface area contributed by atoms with Gasteiger partial charge in [-0.25, -0.2) is 0 Å². The lowest BCUT2D eigenvalue weighted by molar-refractivity contribution is 0.636. The van der Waals surface area contributed by atoms with E-state index in [0.29, 0.717) is 7.18 Å². The number of rotatable bonds is 2. The minimum absolute atomic E-state index is 0.500. The molecule has 0 saturated heterocycles. The van der Waals surface area contributed by atoms with Gasteiger partial charge >= 0.3 is 0 Å². The molecule has 0 N–H and O–H groups in total. The molecule has 1 heteroatoms. The molecule has 0 nitrogen and oxygen atoms in total. The SMILES string of the molecule is CC.CCCCC.CF. The van der Waals surface area contributed by atoms with E-state index >= 15 is 0 Å². The molecule has 0 fully saturated rings. The molecular weight excluding hydrogens is 115 g/mol. The summed E-state index contributed by atoms with van der Waals surface area (Å²) in [4.78, 5) is 0. The highest BCUT2D eigenvalue weighted by atomic mass is 19.1. The van der Waals surface area contributed by atoms with E-state index in [1.807, 2.05) is 13.8 Å². The van der Waals surface area contributed by atoms with Crippen LogP contribution in [0.2, 0.25) is 0 Å². The summed E-state index contributed by atoms with van der Waals surface area (Å²) in [5.41, 5.74) is 0. The lowest BCUT2D eigenvalue weighted by Crippen LogP contribution is -1.59. The summed E-state index contributed by atoms with van der Waals surface area (Å²) in [6.45, 7) is 8.42. The second kappa shape index (κ2) is 44.4. The van der Waals surface area contributed by atoms with Crippen LogP contribution >= 0.6 is 0 Å². The molecule has 0 rings (SSSR count). The van der Waals surface area contributed by atoms with E-state index in [-0.39, 0.29) is 0 Å². The molecule has 0 radical (unpaired) electrons. The molecule has 0 aliphatic carbocycles. The fourth-order valence-corrected chi connectivity index (χ4v) is 0.354. The van der Waals surface area contributed by atoms with Crippen LogP contribution in [0.15, 0.2) is 0 Å². The molecule has 0 bridgehead atoms. The third-order valence-electron chi connectivity index (χ3n) is 0.707. The third-order valence-corrected chi connectivity index (χ3v) is 0.707. The number of halogens is 1. The fraction of sp³-hybridized carbons (Fsp3) is 1.00. The number of hydrogen-bond acceptors (Lipinski definition) is 0. The Hall–Kier alpha value is -0.0700. The van der Waals surface area contributed by atoms with E-state index < -0.39 is 0 Å². The Morgan fingerprint density at radius 2 is 1.11 bits per heavy atom. The van der Waals surface area contributed by atoms with Crippen molar-refractivity contribution in [3.63, 3.8) is 0 Å². The van der Waals surface area contributed by atoms with Crippen molar-refractivity contribution in [2.24, 2.45) is 0 Å². The van der Waals surface area contributed by atoms with Crippen molar-refractivity contribution in [3.05, 3.63) is 0 Å². The second-order valence-electron chi connectivity index (χ2n) is 1.35. The zero-order chi connectivity index (χ0) is 8.12. The maximum absolute atomic E-state index is 9.50.